The largest absolute Gasteiger partial charge is 0.378 e. The van der Waals surface area contributed by atoms with Crippen LogP contribution in [0.3, 0.4) is 0 Å². The topological polar surface area (TPSA) is 67.7 Å². The van der Waals surface area contributed by atoms with Crippen LogP contribution >= 0.6 is 0 Å². The first-order valence-corrected chi connectivity index (χ1v) is 10.2. The molecular formula is C16H28N4O3S. The van der Waals surface area contributed by atoms with Gasteiger partial charge in [-0.05, 0) is 26.7 Å². The molecular weight excluding hydrogens is 328 g/mol. The van der Waals surface area contributed by atoms with Gasteiger partial charge < -0.3 is 4.74 Å². The third-order valence-corrected chi connectivity index (χ3v) is 7.21. The van der Waals surface area contributed by atoms with Crippen LogP contribution in [0.1, 0.15) is 48.7 Å². The predicted molar refractivity (Wildman–Crippen MR) is 91.9 cm³/mol. The molecule has 0 aliphatic carbocycles. The van der Waals surface area contributed by atoms with Gasteiger partial charge in [-0.15, -0.1) is 0 Å². The van der Waals surface area contributed by atoms with Gasteiger partial charge in [0.1, 0.15) is 0 Å². The minimum Gasteiger partial charge on any atom is -0.378 e. The molecule has 1 aromatic rings. The van der Waals surface area contributed by atoms with Gasteiger partial charge in [-0.3, -0.25) is 4.68 Å². The van der Waals surface area contributed by atoms with Crippen molar-refractivity contribution < 1.29 is 13.2 Å². The standard InChI is InChI=1S/C16H28N4O3S/c1-13-16(14(2)18(3)17-13)15-12-23-11-10-20(15)24(21,22)19-8-6-4-5-7-9-19/h15H,4-12H2,1-3H3/t15-/m1/s1. The highest BCUT2D eigenvalue weighted by atomic mass is 32.2. The van der Waals surface area contributed by atoms with Crippen LogP contribution in [0.15, 0.2) is 0 Å². The van der Waals surface area contributed by atoms with E-state index in [-0.39, 0.29) is 6.04 Å². The van der Waals surface area contributed by atoms with Crippen molar-refractivity contribution in [1.29, 1.82) is 0 Å². The fourth-order valence-electron chi connectivity index (χ4n) is 3.78. The van der Waals surface area contributed by atoms with Crippen LogP contribution in [0, 0.1) is 13.8 Å². The van der Waals surface area contributed by atoms with Crippen LogP contribution in [0.25, 0.3) is 0 Å². The van der Waals surface area contributed by atoms with Crippen LogP contribution in [-0.4, -0.2) is 59.7 Å². The summed E-state index contributed by atoms with van der Waals surface area (Å²) < 4.78 is 37.3. The van der Waals surface area contributed by atoms with Crippen molar-refractivity contribution in [2.24, 2.45) is 7.05 Å². The molecule has 2 fully saturated rings. The summed E-state index contributed by atoms with van der Waals surface area (Å²) in [7, 11) is -1.59. The number of aryl methyl sites for hydroxylation is 2. The van der Waals surface area contributed by atoms with Crippen molar-refractivity contribution in [1.82, 2.24) is 18.4 Å². The van der Waals surface area contributed by atoms with E-state index in [1.807, 2.05) is 25.6 Å². The molecule has 24 heavy (non-hydrogen) atoms. The first-order valence-electron chi connectivity index (χ1n) is 8.77. The van der Waals surface area contributed by atoms with E-state index in [4.69, 9.17) is 4.74 Å². The van der Waals surface area contributed by atoms with Crippen molar-refractivity contribution in [2.75, 3.05) is 32.8 Å². The maximum absolute atomic E-state index is 13.3. The molecule has 0 unspecified atom stereocenters. The van der Waals surface area contributed by atoms with Gasteiger partial charge in [0.15, 0.2) is 0 Å². The molecule has 1 aromatic heterocycles. The monoisotopic (exact) mass is 356 g/mol. The van der Waals surface area contributed by atoms with E-state index in [2.05, 4.69) is 5.10 Å². The third kappa shape index (κ3) is 3.24. The van der Waals surface area contributed by atoms with Crippen molar-refractivity contribution in [3.63, 3.8) is 0 Å². The van der Waals surface area contributed by atoms with E-state index in [1.54, 1.807) is 8.61 Å². The summed E-state index contributed by atoms with van der Waals surface area (Å²) in [6.07, 6.45) is 4.11. The lowest BCUT2D eigenvalue weighted by Gasteiger charge is -2.38. The van der Waals surface area contributed by atoms with Crippen LogP contribution in [0.4, 0.5) is 0 Å². The van der Waals surface area contributed by atoms with Crippen molar-refractivity contribution in [3.8, 4) is 0 Å². The lowest BCUT2D eigenvalue weighted by atomic mass is 10.0. The zero-order valence-electron chi connectivity index (χ0n) is 14.9. The first-order chi connectivity index (χ1) is 11.4. The molecule has 2 aliphatic heterocycles. The summed E-state index contributed by atoms with van der Waals surface area (Å²) in [6, 6.07) is -0.291. The number of hydrogen-bond acceptors (Lipinski definition) is 4. The van der Waals surface area contributed by atoms with Gasteiger partial charge in [0.05, 0.1) is 24.9 Å². The second kappa shape index (κ2) is 7.11. The van der Waals surface area contributed by atoms with E-state index in [9.17, 15) is 8.42 Å². The summed E-state index contributed by atoms with van der Waals surface area (Å²) in [5.74, 6) is 0. The maximum atomic E-state index is 13.3. The average molecular weight is 356 g/mol. The molecule has 0 radical (unpaired) electrons. The van der Waals surface area contributed by atoms with Gasteiger partial charge in [-0.2, -0.15) is 22.1 Å². The van der Waals surface area contributed by atoms with Gasteiger partial charge in [-0.1, -0.05) is 12.8 Å². The number of ether oxygens (including phenoxy) is 1. The van der Waals surface area contributed by atoms with Crippen LogP contribution < -0.4 is 0 Å². The molecule has 8 heteroatoms. The second-order valence-corrected chi connectivity index (χ2v) is 8.61. The zero-order valence-corrected chi connectivity index (χ0v) is 15.7. The minimum atomic E-state index is -3.48. The fourth-order valence-corrected chi connectivity index (χ4v) is 5.59. The molecule has 0 amide bonds. The third-order valence-electron chi connectivity index (χ3n) is 5.17. The Morgan fingerprint density at radius 3 is 2.33 bits per heavy atom. The van der Waals surface area contributed by atoms with Crippen molar-refractivity contribution in [2.45, 2.75) is 45.6 Å². The molecule has 136 valence electrons. The summed E-state index contributed by atoms with van der Waals surface area (Å²) in [5, 5.41) is 4.46. The van der Waals surface area contributed by atoms with E-state index in [1.165, 1.54) is 0 Å². The Hall–Kier alpha value is -0.960. The smallest absolute Gasteiger partial charge is 0.282 e. The van der Waals surface area contributed by atoms with Crippen LogP contribution in [0.5, 0.6) is 0 Å². The molecule has 0 aromatic carbocycles. The Labute approximate surface area is 144 Å². The summed E-state index contributed by atoms with van der Waals surface area (Å²) in [6.45, 7) is 6.41. The highest BCUT2D eigenvalue weighted by Crippen LogP contribution is 2.32. The maximum Gasteiger partial charge on any atom is 0.282 e. The van der Waals surface area contributed by atoms with E-state index in [0.29, 0.717) is 32.8 Å². The lowest BCUT2D eigenvalue weighted by Crippen LogP contribution is -2.50. The number of nitrogens with zero attached hydrogens (tertiary/aromatic N) is 4. The Kier molecular flexibility index (Phi) is 5.29. The molecule has 3 rings (SSSR count). The van der Waals surface area contributed by atoms with E-state index in [0.717, 1.165) is 42.6 Å². The zero-order chi connectivity index (χ0) is 17.3. The average Bonchev–Trinajstić information content (AvgIpc) is 2.77. The van der Waals surface area contributed by atoms with Gasteiger partial charge in [0.2, 0.25) is 0 Å². The quantitative estimate of drug-likeness (QED) is 0.824. The molecule has 0 N–H and O–H groups in total. The molecule has 0 bridgehead atoms. The van der Waals surface area contributed by atoms with Crippen molar-refractivity contribution in [3.05, 3.63) is 17.0 Å². The summed E-state index contributed by atoms with van der Waals surface area (Å²) in [4.78, 5) is 0. The van der Waals surface area contributed by atoms with Gasteiger partial charge in [0, 0.05) is 37.9 Å². The Bertz CT molecular complexity index is 678. The van der Waals surface area contributed by atoms with Gasteiger partial charge >= 0.3 is 0 Å². The molecule has 3 heterocycles. The normalized spacial score (nSPS) is 24.9. The summed E-state index contributed by atoms with van der Waals surface area (Å²) in [5.41, 5.74) is 2.86. The van der Waals surface area contributed by atoms with Crippen LogP contribution in [0.2, 0.25) is 0 Å². The lowest BCUT2D eigenvalue weighted by molar-refractivity contribution is 0.0287. The molecule has 2 aliphatic rings. The predicted octanol–water partition coefficient (Wildman–Crippen LogP) is 1.53. The number of hydrogen-bond donors (Lipinski definition) is 0. The Morgan fingerprint density at radius 1 is 1.08 bits per heavy atom. The van der Waals surface area contributed by atoms with E-state index >= 15 is 0 Å². The van der Waals surface area contributed by atoms with E-state index < -0.39 is 10.2 Å². The van der Waals surface area contributed by atoms with Gasteiger partial charge in [0.25, 0.3) is 10.2 Å². The Balaban J connectivity index is 1.94. The number of aromatic nitrogens is 2. The highest BCUT2D eigenvalue weighted by molar-refractivity contribution is 7.86. The SMILES string of the molecule is Cc1nn(C)c(C)c1[C@H]1COCCN1S(=O)(=O)N1CCCCCC1. The molecule has 1 atom stereocenters. The van der Waals surface area contributed by atoms with Crippen LogP contribution in [-0.2, 0) is 22.0 Å². The summed E-state index contributed by atoms with van der Waals surface area (Å²) >= 11 is 0. The minimum absolute atomic E-state index is 0.291. The first kappa shape index (κ1) is 17.8. The molecule has 0 saturated carbocycles. The molecule has 2 saturated heterocycles. The fraction of sp³-hybridized carbons (Fsp3) is 0.812. The second-order valence-electron chi connectivity index (χ2n) is 6.73. The number of morpholine rings is 1. The van der Waals surface area contributed by atoms with Gasteiger partial charge in [-0.25, -0.2) is 0 Å². The highest BCUT2D eigenvalue weighted by Gasteiger charge is 2.39. The molecule has 7 nitrogen and oxygen atoms in total. The molecule has 0 spiro atoms. The van der Waals surface area contributed by atoms with Crippen molar-refractivity contribution >= 4 is 10.2 Å². The number of rotatable bonds is 3. The Morgan fingerprint density at radius 2 is 1.75 bits per heavy atom.